The van der Waals surface area contributed by atoms with Crippen LogP contribution >= 0.6 is 24.0 Å². The Balaban J connectivity index is 0.00000261. The molecule has 0 radical (unpaired) electrons. The molecule has 0 aromatic carbocycles. The van der Waals surface area contributed by atoms with Crippen molar-refractivity contribution in [2.24, 2.45) is 10.9 Å². The lowest BCUT2D eigenvalue weighted by molar-refractivity contribution is 0.177. The summed E-state index contributed by atoms with van der Waals surface area (Å²) < 4.78 is 7.15. The van der Waals surface area contributed by atoms with Gasteiger partial charge in [0.1, 0.15) is 12.4 Å². The van der Waals surface area contributed by atoms with Crippen molar-refractivity contribution in [3.63, 3.8) is 0 Å². The smallest absolute Gasteiger partial charge is 0.191 e. The topological polar surface area (TPSA) is 79.6 Å². The highest BCUT2D eigenvalue weighted by atomic mass is 127. The second-order valence-electron chi connectivity index (χ2n) is 7.21. The molecule has 154 valence electrons. The first-order valence-electron chi connectivity index (χ1n) is 9.90. The number of aryl methyl sites for hydroxylation is 1. The fourth-order valence-electron chi connectivity index (χ4n) is 3.75. The molecule has 27 heavy (non-hydrogen) atoms. The van der Waals surface area contributed by atoms with Crippen molar-refractivity contribution in [3.05, 3.63) is 11.6 Å². The third kappa shape index (κ3) is 6.28. The molecule has 0 aliphatic carbocycles. The zero-order chi connectivity index (χ0) is 18.4. The number of fused-ring (bicyclic) bond motifs is 1. The van der Waals surface area contributed by atoms with Gasteiger partial charge in [-0.05, 0) is 38.8 Å². The molecular formula is C18H34IN7O. The number of nitrogens with one attached hydrogen (secondary N) is 2. The predicted molar refractivity (Wildman–Crippen MR) is 118 cm³/mol. The first-order chi connectivity index (χ1) is 12.7. The van der Waals surface area contributed by atoms with Crippen LogP contribution in [0.3, 0.4) is 0 Å². The minimum absolute atomic E-state index is 0. The molecule has 2 atom stereocenters. The zero-order valence-electron chi connectivity index (χ0n) is 16.8. The zero-order valence-corrected chi connectivity index (χ0v) is 19.1. The maximum Gasteiger partial charge on any atom is 0.191 e. The van der Waals surface area contributed by atoms with E-state index in [2.05, 4.69) is 39.5 Å². The van der Waals surface area contributed by atoms with Crippen molar-refractivity contribution >= 4 is 29.9 Å². The van der Waals surface area contributed by atoms with E-state index in [-0.39, 0.29) is 24.0 Å². The minimum Gasteiger partial charge on any atom is -0.377 e. The Labute approximate surface area is 179 Å². The van der Waals surface area contributed by atoms with Crippen molar-refractivity contribution in [1.82, 2.24) is 30.3 Å². The maximum absolute atomic E-state index is 5.14. The van der Waals surface area contributed by atoms with E-state index in [4.69, 9.17) is 9.73 Å². The molecule has 8 nitrogen and oxygen atoms in total. The second kappa shape index (κ2) is 11.2. The van der Waals surface area contributed by atoms with Gasteiger partial charge < -0.3 is 20.3 Å². The van der Waals surface area contributed by atoms with Crippen molar-refractivity contribution in [3.8, 4) is 0 Å². The standard InChI is InChI=1S/C18H33N7O.HI/c1-4-19-18(20-10-14-8-9-24(5-2)11-14)21-15-6-7-17-22-16(13-26-3)23-25(17)12-15;/h14-15H,4-13H2,1-3H3,(H2,19,20,21);1H. The van der Waals surface area contributed by atoms with Gasteiger partial charge in [0.2, 0.25) is 0 Å². The summed E-state index contributed by atoms with van der Waals surface area (Å²) in [6, 6.07) is 0.327. The number of hydrogen-bond donors (Lipinski definition) is 2. The maximum atomic E-state index is 5.14. The van der Waals surface area contributed by atoms with E-state index in [9.17, 15) is 0 Å². The van der Waals surface area contributed by atoms with Gasteiger partial charge in [-0.2, -0.15) is 5.10 Å². The molecule has 2 unspecified atom stereocenters. The molecule has 0 spiro atoms. The number of ether oxygens (including phenoxy) is 1. The molecule has 0 amide bonds. The molecule has 3 heterocycles. The van der Waals surface area contributed by atoms with E-state index in [0.29, 0.717) is 18.6 Å². The third-order valence-electron chi connectivity index (χ3n) is 5.19. The average Bonchev–Trinajstić information content (AvgIpc) is 3.26. The van der Waals surface area contributed by atoms with Crippen LogP contribution in [0, 0.1) is 5.92 Å². The summed E-state index contributed by atoms with van der Waals surface area (Å²) in [4.78, 5) is 11.9. The summed E-state index contributed by atoms with van der Waals surface area (Å²) in [6.45, 7) is 10.9. The number of guanidine groups is 1. The van der Waals surface area contributed by atoms with Crippen LogP contribution in [0.25, 0.3) is 0 Å². The molecular weight excluding hydrogens is 457 g/mol. The number of aromatic nitrogens is 3. The van der Waals surface area contributed by atoms with Crippen LogP contribution in [0.4, 0.5) is 0 Å². The van der Waals surface area contributed by atoms with Crippen molar-refractivity contribution in [2.45, 2.75) is 52.3 Å². The van der Waals surface area contributed by atoms with Gasteiger partial charge in [-0.15, -0.1) is 24.0 Å². The van der Waals surface area contributed by atoms with Crippen LogP contribution in [0.5, 0.6) is 0 Å². The lowest BCUT2D eigenvalue weighted by Crippen LogP contribution is -2.47. The SMILES string of the molecule is CCNC(=NCC1CCN(CC)C1)NC1CCc2nc(COC)nn2C1.I. The fraction of sp³-hybridized carbons (Fsp3) is 0.833. The average molecular weight is 491 g/mol. The van der Waals surface area contributed by atoms with E-state index in [0.717, 1.165) is 56.6 Å². The summed E-state index contributed by atoms with van der Waals surface area (Å²) in [5.74, 6) is 3.43. The molecule has 0 bridgehead atoms. The Morgan fingerprint density at radius 1 is 1.30 bits per heavy atom. The largest absolute Gasteiger partial charge is 0.377 e. The molecule has 2 aliphatic rings. The summed E-state index contributed by atoms with van der Waals surface area (Å²) in [5, 5.41) is 11.5. The molecule has 2 aliphatic heterocycles. The van der Waals surface area contributed by atoms with E-state index in [1.807, 2.05) is 4.68 Å². The first kappa shape index (κ1) is 22.4. The number of hydrogen-bond acceptors (Lipinski definition) is 5. The Hall–Kier alpha value is -0.940. The van der Waals surface area contributed by atoms with Crippen LogP contribution in [0.2, 0.25) is 0 Å². The lowest BCUT2D eigenvalue weighted by Gasteiger charge is -2.25. The molecule has 1 aromatic rings. The van der Waals surface area contributed by atoms with Gasteiger partial charge in [-0.1, -0.05) is 6.92 Å². The number of aliphatic imine (C=N–C) groups is 1. The molecule has 9 heteroatoms. The molecule has 0 saturated carbocycles. The van der Waals surface area contributed by atoms with Crippen molar-refractivity contribution in [2.75, 3.05) is 39.8 Å². The Morgan fingerprint density at radius 3 is 2.85 bits per heavy atom. The van der Waals surface area contributed by atoms with Gasteiger partial charge in [-0.3, -0.25) is 4.99 Å². The molecule has 2 N–H and O–H groups in total. The highest BCUT2D eigenvalue weighted by molar-refractivity contribution is 14.0. The van der Waals surface area contributed by atoms with Gasteiger partial charge >= 0.3 is 0 Å². The minimum atomic E-state index is 0. The normalized spacial score (nSPS) is 23.0. The summed E-state index contributed by atoms with van der Waals surface area (Å²) in [6.07, 6.45) is 3.23. The van der Waals surface area contributed by atoms with E-state index in [1.165, 1.54) is 19.5 Å². The molecule has 1 saturated heterocycles. The summed E-state index contributed by atoms with van der Waals surface area (Å²) in [5.41, 5.74) is 0. The number of rotatable bonds is 7. The van der Waals surface area contributed by atoms with Crippen LogP contribution in [-0.2, 0) is 24.3 Å². The van der Waals surface area contributed by atoms with Gasteiger partial charge in [-0.25, -0.2) is 9.67 Å². The Kier molecular flexibility index (Phi) is 9.24. The van der Waals surface area contributed by atoms with Crippen molar-refractivity contribution < 1.29 is 4.74 Å². The van der Waals surface area contributed by atoms with E-state index >= 15 is 0 Å². The molecule has 1 aromatic heterocycles. The quantitative estimate of drug-likeness (QED) is 0.340. The predicted octanol–water partition coefficient (Wildman–Crippen LogP) is 1.25. The van der Waals surface area contributed by atoms with Crippen LogP contribution in [0.15, 0.2) is 4.99 Å². The Morgan fingerprint density at radius 2 is 2.15 bits per heavy atom. The van der Waals surface area contributed by atoms with E-state index < -0.39 is 0 Å². The Bertz CT molecular complexity index is 607. The fourth-order valence-corrected chi connectivity index (χ4v) is 3.75. The van der Waals surface area contributed by atoms with Gasteiger partial charge in [0.25, 0.3) is 0 Å². The third-order valence-corrected chi connectivity index (χ3v) is 5.19. The molecule has 3 rings (SSSR count). The molecule has 1 fully saturated rings. The number of methoxy groups -OCH3 is 1. The first-order valence-corrected chi connectivity index (χ1v) is 9.90. The lowest BCUT2D eigenvalue weighted by atomic mass is 10.1. The monoisotopic (exact) mass is 491 g/mol. The highest BCUT2D eigenvalue weighted by Gasteiger charge is 2.23. The number of halogens is 1. The number of nitrogens with zero attached hydrogens (tertiary/aromatic N) is 5. The van der Waals surface area contributed by atoms with Crippen molar-refractivity contribution in [1.29, 1.82) is 0 Å². The van der Waals surface area contributed by atoms with Gasteiger partial charge in [0, 0.05) is 39.2 Å². The van der Waals surface area contributed by atoms with Gasteiger partial charge in [0.05, 0.1) is 6.54 Å². The van der Waals surface area contributed by atoms with E-state index in [1.54, 1.807) is 7.11 Å². The highest BCUT2D eigenvalue weighted by Crippen LogP contribution is 2.16. The number of likely N-dealkylation sites (tertiary alicyclic amines) is 1. The van der Waals surface area contributed by atoms with Crippen LogP contribution < -0.4 is 10.6 Å². The van der Waals surface area contributed by atoms with Crippen LogP contribution in [0.1, 0.15) is 38.3 Å². The second-order valence-corrected chi connectivity index (χ2v) is 7.21. The summed E-state index contributed by atoms with van der Waals surface area (Å²) in [7, 11) is 1.67. The van der Waals surface area contributed by atoms with Gasteiger partial charge in [0.15, 0.2) is 11.8 Å². The summed E-state index contributed by atoms with van der Waals surface area (Å²) >= 11 is 0. The van der Waals surface area contributed by atoms with Crippen LogP contribution in [-0.4, -0.2) is 71.5 Å².